The number of fused-ring (bicyclic) bond motifs is 1. The molecule has 8 heteroatoms. The summed E-state index contributed by atoms with van der Waals surface area (Å²) in [6, 6.07) is 14.7. The minimum atomic E-state index is -0.640. The van der Waals surface area contributed by atoms with Gasteiger partial charge in [0.1, 0.15) is 12.3 Å². The van der Waals surface area contributed by atoms with Gasteiger partial charge in [-0.2, -0.15) is 5.10 Å². The van der Waals surface area contributed by atoms with Crippen molar-refractivity contribution in [1.82, 2.24) is 10.2 Å². The number of carbonyl (C=O) groups excluding carboxylic acids is 2. The quantitative estimate of drug-likeness (QED) is 0.643. The minimum absolute atomic E-state index is 0.174. The molecule has 3 aromatic rings. The highest BCUT2D eigenvalue weighted by atomic mass is 35.5. The number of hydrogen-bond donors (Lipinski definition) is 2. The fourth-order valence-corrected chi connectivity index (χ4v) is 3.68. The zero-order chi connectivity index (χ0) is 21.3. The number of hydrogen-bond acceptors (Lipinski definition) is 4. The maximum atomic E-state index is 12.9. The van der Waals surface area contributed by atoms with Gasteiger partial charge in [0.2, 0.25) is 5.91 Å². The average molecular weight is 425 g/mol. The van der Waals surface area contributed by atoms with E-state index in [1.807, 2.05) is 44.2 Å². The van der Waals surface area contributed by atoms with Crippen LogP contribution < -0.4 is 15.0 Å². The van der Waals surface area contributed by atoms with Crippen molar-refractivity contribution >= 4 is 34.9 Å². The molecule has 1 aliphatic heterocycles. The van der Waals surface area contributed by atoms with Crippen molar-refractivity contribution in [1.29, 1.82) is 0 Å². The number of benzene rings is 2. The van der Waals surface area contributed by atoms with Crippen LogP contribution in [-0.4, -0.2) is 34.7 Å². The number of rotatable bonds is 5. The lowest BCUT2D eigenvalue weighted by molar-refractivity contribution is -0.128. The Bertz CT molecular complexity index is 1100. The lowest BCUT2D eigenvalue weighted by Gasteiger charge is -2.33. The summed E-state index contributed by atoms with van der Waals surface area (Å²) in [5, 5.41) is 10.4. The maximum absolute atomic E-state index is 12.9. The third-order valence-corrected chi connectivity index (χ3v) is 5.20. The van der Waals surface area contributed by atoms with Gasteiger partial charge in [-0.3, -0.25) is 19.6 Å². The second kappa shape index (κ2) is 8.20. The van der Waals surface area contributed by atoms with Gasteiger partial charge in [-0.15, -0.1) is 0 Å². The van der Waals surface area contributed by atoms with Crippen LogP contribution in [0.3, 0.4) is 0 Å². The predicted molar refractivity (Wildman–Crippen MR) is 116 cm³/mol. The summed E-state index contributed by atoms with van der Waals surface area (Å²) in [6.07, 6.45) is -0.144. The summed E-state index contributed by atoms with van der Waals surface area (Å²) >= 11 is 6.11. The Morgan fingerprint density at radius 1 is 1.27 bits per heavy atom. The predicted octanol–water partition coefficient (Wildman–Crippen LogP) is 4.18. The highest BCUT2D eigenvalue weighted by Crippen LogP contribution is 2.37. The number of H-pyrrole nitrogens is 1. The van der Waals surface area contributed by atoms with Crippen LogP contribution in [0, 0.1) is 6.92 Å². The number of nitrogens with one attached hydrogen (secondary N) is 2. The van der Waals surface area contributed by atoms with Crippen LogP contribution in [0.1, 0.15) is 19.0 Å². The minimum Gasteiger partial charge on any atom is -0.478 e. The summed E-state index contributed by atoms with van der Waals surface area (Å²) in [7, 11) is 0. The number of anilines is 2. The van der Waals surface area contributed by atoms with E-state index in [4.69, 9.17) is 16.3 Å². The molecule has 0 saturated heterocycles. The largest absolute Gasteiger partial charge is 0.478 e. The van der Waals surface area contributed by atoms with E-state index in [1.165, 1.54) is 4.90 Å². The molecule has 2 heterocycles. The number of ether oxygens (including phenoxy) is 1. The molecule has 0 fully saturated rings. The summed E-state index contributed by atoms with van der Waals surface area (Å²) in [6.45, 7) is 3.58. The van der Waals surface area contributed by atoms with Crippen molar-refractivity contribution in [3.63, 3.8) is 0 Å². The van der Waals surface area contributed by atoms with E-state index < -0.39 is 6.10 Å². The molecule has 2 aromatic carbocycles. The van der Waals surface area contributed by atoms with E-state index >= 15 is 0 Å². The number of halogens is 1. The number of aryl methyl sites for hydroxylation is 1. The molecule has 7 nitrogen and oxygen atoms in total. The number of nitrogens with zero attached hydrogens (tertiary/aromatic N) is 2. The molecule has 1 aromatic heterocycles. The number of aromatic amines is 1. The zero-order valence-electron chi connectivity index (χ0n) is 16.6. The fourth-order valence-electron chi connectivity index (χ4n) is 3.51. The highest BCUT2D eigenvalue weighted by molar-refractivity contribution is 6.31. The average Bonchev–Trinajstić information content (AvgIpc) is 3.10. The monoisotopic (exact) mass is 424 g/mol. The van der Waals surface area contributed by atoms with Crippen molar-refractivity contribution in [3.05, 3.63) is 59.2 Å². The summed E-state index contributed by atoms with van der Waals surface area (Å²) < 4.78 is 5.76. The first kappa shape index (κ1) is 20.0. The zero-order valence-corrected chi connectivity index (χ0v) is 17.4. The molecule has 0 aliphatic carbocycles. The Labute approximate surface area is 179 Å². The lowest BCUT2D eigenvalue weighted by atomic mass is 10.1. The summed E-state index contributed by atoms with van der Waals surface area (Å²) in [4.78, 5) is 27.2. The maximum Gasteiger partial charge on any atom is 0.268 e. The third-order valence-electron chi connectivity index (χ3n) is 4.96. The molecule has 30 heavy (non-hydrogen) atoms. The van der Waals surface area contributed by atoms with Crippen LogP contribution in [0.25, 0.3) is 11.1 Å². The molecular weight excluding hydrogens is 404 g/mol. The van der Waals surface area contributed by atoms with Crippen LogP contribution in [0.4, 0.5) is 11.5 Å². The second-order valence-electron chi connectivity index (χ2n) is 7.04. The molecular formula is C22H21ClN4O3. The Kier molecular flexibility index (Phi) is 5.46. The lowest BCUT2D eigenvalue weighted by Crippen LogP contribution is -2.48. The Hall–Kier alpha value is -3.32. The van der Waals surface area contributed by atoms with Gasteiger partial charge in [0, 0.05) is 16.3 Å². The molecule has 0 bridgehead atoms. The van der Waals surface area contributed by atoms with E-state index in [1.54, 1.807) is 18.2 Å². The SMILES string of the molecule is CCC1Oc2ccc(Cl)cc2N(CC(=O)Nc2n[nH]c(C)c2-c2ccccc2)C1=O. The smallest absolute Gasteiger partial charge is 0.268 e. The number of amides is 2. The molecule has 0 saturated carbocycles. The van der Waals surface area contributed by atoms with Crippen molar-refractivity contribution < 1.29 is 14.3 Å². The normalized spacial score (nSPS) is 15.5. The molecule has 154 valence electrons. The van der Waals surface area contributed by atoms with Gasteiger partial charge in [-0.1, -0.05) is 48.9 Å². The van der Waals surface area contributed by atoms with E-state index in [2.05, 4.69) is 15.5 Å². The van der Waals surface area contributed by atoms with Crippen molar-refractivity contribution in [2.75, 3.05) is 16.8 Å². The highest BCUT2D eigenvalue weighted by Gasteiger charge is 2.34. The van der Waals surface area contributed by atoms with Crippen LogP contribution in [0.2, 0.25) is 5.02 Å². The van der Waals surface area contributed by atoms with E-state index in [-0.39, 0.29) is 18.4 Å². The third kappa shape index (κ3) is 3.76. The van der Waals surface area contributed by atoms with Gasteiger partial charge >= 0.3 is 0 Å². The van der Waals surface area contributed by atoms with Crippen LogP contribution in [-0.2, 0) is 9.59 Å². The van der Waals surface area contributed by atoms with Gasteiger partial charge in [0.25, 0.3) is 5.91 Å². The second-order valence-corrected chi connectivity index (χ2v) is 7.47. The van der Waals surface area contributed by atoms with Gasteiger partial charge in [0.15, 0.2) is 11.9 Å². The molecule has 2 N–H and O–H groups in total. The Balaban J connectivity index is 1.59. The standard InChI is InChI=1S/C22H21ClN4O3/c1-3-17-22(29)27(16-11-15(23)9-10-18(16)30-17)12-19(28)24-21-20(13(2)25-26-21)14-7-5-4-6-8-14/h4-11,17H,3,12H2,1-2H3,(H2,24,25,26,28). The fraction of sp³-hybridized carbons (Fsp3) is 0.227. The molecule has 0 radical (unpaired) electrons. The van der Waals surface area contributed by atoms with Crippen LogP contribution in [0.15, 0.2) is 48.5 Å². The van der Waals surface area contributed by atoms with Gasteiger partial charge in [-0.25, -0.2) is 0 Å². The Morgan fingerprint density at radius 3 is 2.77 bits per heavy atom. The van der Waals surface area contributed by atoms with Crippen molar-refractivity contribution in [2.24, 2.45) is 0 Å². The van der Waals surface area contributed by atoms with Gasteiger partial charge in [-0.05, 0) is 37.1 Å². The van der Waals surface area contributed by atoms with Gasteiger partial charge in [0.05, 0.1) is 5.69 Å². The van der Waals surface area contributed by atoms with Crippen LogP contribution >= 0.6 is 11.6 Å². The molecule has 1 atom stereocenters. The molecule has 1 unspecified atom stereocenters. The number of carbonyl (C=O) groups is 2. The summed E-state index contributed by atoms with van der Waals surface area (Å²) in [5.74, 6) is 0.306. The van der Waals surface area contributed by atoms with Crippen molar-refractivity contribution in [2.45, 2.75) is 26.4 Å². The topological polar surface area (TPSA) is 87.3 Å². The van der Waals surface area contributed by atoms with E-state index in [0.717, 1.165) is 16.8 Å². The van der Waals surface area contributed by atoms with Gasteiger partial charge < -0.3 is 10.1 Å². The summed E-state index contributed by atoms with van der Waals surface area (Å²) in [5.41, 5.74) is 3.06. The first-order valence-electron chi connectivity index (χ1n) is 9.65. The van der Waals surface area contributed by atoms with E-state index in [9.17, 15) is 9.59 Å². The van der Waals surface area contributed by atoms with Crippen molar-refractivity contribution in [3.8, 4) is 16.9 Å². The molecule has 2 amide bonds. The first-order valence-corrected chi connectivity index (χ1v) is 10.0. The Morgan fingerprint density at radius 2 is 2.03 bits per heavy atom. The molecule has 4 rings (SSSR count). The molecule has 1 aliphatic rings. The molecule has 0 spiro atoms. The number of aromatic nitrogens is 2. The first-order chi connectivity index (χ1) is 14.5. The van der Waals surface area contributed by atoms with E-state index in [0.29, 0.717) is 28.7 Å². The van der Waals surface area contributed by atoms with Crippen LogP contribution in [0.5, 0.6) is 5.75 Å².